The van der Waals surface area contributed by atoms with Crippen molar-refractivity contribution < 1.29 is 14.0 Å². The van der Waals surface area contributed by atoms with Crippen molar-refractivity contribution in [2.45, 2.75) is 51.6 Å². The summed E-state index contributed by atoms with van der Waals surface area (Å²) in [4.78, 5) is 26.0. The predicted octanol–water partition coefficient (Wildman–Crippen LogP) is 2.27. The van der Waals surface area contributed by atoms with Crippen LogP contribution in [0.15, 0.2) is 24.3 Å². The maximum Gasteiger partial charge on any atom is 0.312 e. The SMILES string of the molecule is CC1CCCC(C)N1C(=O)C(=O)NCCc1ccc(F)cc1. The molecule has 2 unspecified atom stereocenters. The summed E-state index contributed by atoms with van der Waals surface area (Å²) in [7, 11) is 0. The van der Waals surface area contributed by atoms with Gasteiger partial charge in [0.2, 0.25) is 0 Å². The number of rotatable bonds is 3. The normalized spacial score (nSPS) is 21.5. The van der Waals surface area contributed by atoms with E-state index in [1.54, 1.807) is 17.0 Å². The standard InChI is InChI=1S/C17H23FN2O2/c1-12-4-3-5-13(2)20(12)17(22)16(21)19-11-10-14-6-8-15(18)9-7-14/h6-9,12-13H,3-5,10-11H2,1-2H3,(H,19,21). The highest BCUT2D eigenvalue weighted by atomic mass is 19.1. The Balaban J connectivity index is 1.83. The average molecular weight is 306 g/mol. The summed E-state index contributed by atoms with van der Waals surface area (Å²) in [6.07, 6.45) is 3.56. The molecule has 1 N–H and O–H groups in total. The highest BCUT2D eigenvalue weighted by molar-refractivity contribution is 6.35. The van der Waals surface area contributed by atoms with Crippen molar-refractivity contribution in [3.63, 3.8) is 0 Å². The summed E-state index contributed by atoms with van der Waals surface area (Å²) in [6, 6.07) is 6.35. The highest BCUT2D eigenvalue weighted by Crippen LogP contribution is 2.22. The number of likely N-dealkylation sites (tertiary alicyclic amines) is 1. The minimum atomic E-state index is -0.553. The average Bonchev–Trinajstić information content (AvgIpc) is 2.49. The third-order valence-electron chi connectivity index (χ3n) is 4.23. The first-order chi connectivity index (χ1) is 10.5. The number of carbonyl (C=O) groups is 2. The van der Waals surface area contributed by atoms with E-state index in [-0.39, 0.29) is 17.9 Å². The van der Waals surface area contributed by atoms with E-state index in [1.165, 1.54) is 12.1 Å². The van der Waals surface area contributed by atoms with Crippen molar-refractivity contribution in [3.8, 4) is 0 Å². The van der Waals surface area contributed by atoms with E-state index in [0.717, 1.165) is 24.8 Å². The van der Waals surface area contributed by atoms with Crippen LogP contribution in [0.4, 0.5) is 4.39 Å². The molecule has 0 bridgehead atoms. The lowest BCUT2D eigenvalue weighted by atomic mass is 9.97. The molecule has 4 nitrogen and oxygen atoms in total. The highest BCUT2D eigenvalue weighted by Gasteiger charge is 2.32. The largest absolute Gasteiger partial charge is 0.347 e. The van der Waals surface area contributed by atoms with E-state index < -0.39 is 11.8 Å². The third kappa shape index (κ3) is 4.06. The first-order valence-corrected chi connectivity index (χ1v) is 7.84. The Morgan fingerprint density at radius 2 is 1.77 bits per heavy atom. The number of nitrogens with one attached hydrogen (secondary N) is 1. The second-order valence-electron chi connectivity index (χ2n) is 5.97. The molecular formula is C17H23FN2O2. The number of hydrogen-bond donors (Lipinski definition) is 1. The van der Waals surface area contributed by atoms with Gasteiger partial charge >= 0.3 is 11.8 Å². The maximum atomic E-state index is 12.8. The number of amides is 2. The van der Waals surface area contributed by atoms with Gasteiger partial charge in [-0.2, -0.15) is 0 Å². The second kappa shape index (κ2) is 7.38. The molecule has 0 aliphatic carbocycles. The minimum absolute atomic E-state index is 0.110. The zero-order valence-corrected chi connectivity index (χ0v) is 13.1. The van der Waals surface area contributed by atoms with Crippen LogP contribution in [-0.4, -0.2) is 35.3 Å². The molecule has 2 amide bonds. The van der Waals surface area contributed by atoms with E-state index >= 15 is 0 Å². The fourth-order valence-electron chi connectivity index (χ4n) is 2.99. The molecule has 1 aliphatic heterocycles. The first-order valence-electron chi connectivity index (χ1n) is 7.84. The fourth-order valence-corrected chi connectivity index (χ4v) is 2.99. The molecule has 120 valence electrons. The lowest BCUT2D eigenvalue weighted by Gasteiger charge is -2.38. The molecule has 0 saturated carbocycles. The summed E-state index contributed by atoms with van der Waals surface area (Å²) >= 11 is 0. The Morgan fingerprint density at radius 1 is 1.18 bits per heavy atom. The summed E-state index contributed by atoms with van der Waals surface area (Å²) < 4.78 is 12.8. The quantitative estimate of drug-likeness (QED) is 0.871. The summed E-state index contributed by atoms with van der Waals surface area (Å²) in [5.74, 6) is -1.28. The molecule has 22 heavy (non-hydrogen) atoms. The Bertz CT molecular complexity index is 520. The minimum Gasteiger partial charge on any atom is -0.347 e. The number of hydrogen-bond acceptors (Lipinski definition) is 2. The topological polar surface area (TPSA) is 49.4 Å². The van der Waals surface area contributed by atoms with Crippen LogP contribution in [0.25, 0.3) is 0 Å². The first kappa shape index (κ1) is 16.5. The molecule has 1 fully saturated rings. The van der Waals surface area contributed by atoms with E-state index in [2.05, 4.69) is 5.32 Å². The zero-order chi connectivity index (χ0) is 16.1. The third-order valence-corrected chi connectivity index (χ3v) is 4.23. The van der Waals surface area contributed by atoms with Crippen molar-refractivity contribution in [1.29, 1.82) is 0 Å². The van der Waals surface area contributed by atoms with Gasteiger partial charge in [0.05, 0.1) is 0 Å². The summed E-state index contributed by atoms with van der Waals surface area (Å²) in [5.41, 5.74) is 0.925. The second-order valence-corrected chi connectivity index (χ2v) is 5.97. The van der Waals surface area contributed by atoms with Crippen LogP contribution >= 0.6 is 0 Å². The van der Waals surface area contributed by atoms with E-state index in [0.29, 0.717) is 13.0 Å². The lowest BCUT2D eigenvalue weighted by Crippen LogP contribution is -2.53. The van der Waals surface area contributed by atoms with Crippen molar-refractivity contribution in [3.05, 3.63) is 35.6 Å². The van der Waals surface area contributed by atoms with Gasteiger partial charge < -0.3 is 10.2 Å². The van der Waals surface area contributed by atoms with Gasteiger partial charge in [0.25, 0.3) is 0 Å². The Labute approximate surface area is 130 Å². The van der Waals surface area contributed by atoms with Gasteiger partial charge in [0.1, 0.15) is 5.82 Å². The van der Waals surface area contributed by atoms with Crippen molar-refractivity contribution in [1.82, 2.24) is 10.2 Å². The molecule has 1 aromatic carbocycles. The molecule has 1 aliphatic rings. The van der Waals surface area contributed by atoms with Crippen LogP contribution in [0.3, 0.4) is 0 Å². The molecule has 2 rings (SSSR count). The van der Waals surface area contributed by atoms with Crippen molar-refractivity contribution >= 4 is 11.8 Å². The van der Waals surface area contributed by atoms with Crippen molar-refractivity contribution in [2.75, 3.05) is 6.54 Å². The van der Waals surface area contributed by atoms with Crippen LogP contribution in [0, 0.1) is 5.82 Å². The maximum absolute atomic E-state index is 12.8. The molecule has 2 atom stereocenters. The van der Waals surface area contributed by atoms with Gasteiger partial charge in [-0.1, -0.05) is 12.1 Å². The zero-order valence-electron chi connectivity index (χ0n) is 13.1. The Hall–Kier alpha value is -1.91. The Morgan fingerprint density at radius 3 is 2.36 bits per heavy atom. The van der Waals surface area contributed by atoms with Gasteiger partial charge in [-0.05, 0) is 57.2 Å². The molecule has 5 heteroatoms. The van der Waals surface area contributed by atoms with Crippen LogP contribution in [-0.2, 0) is 16.0 Å². The van der Waals surface area contributed by atoms with Gasteiger partial charge in [-0.15, -0.1) is 0 Å². The smallest absolute Gasteiger partial charge is 0.312 e. The molecule has 1 aromatic rings. The summed E-state index contributed by atoms with van der Waals surface area (Å²) in [6.45, 7) is 4.34. The molecule has 0 radical (unpaired) electrons. The molecule has 1 saturated heterocycles. The number of benzene rings is 1. The molecule has 0 spiro atoms. The number of carbonyl (C=O) groups excluding carboxylic acids is 2. The monoisotopic (exact) mass is 306 g/mol. The van der Waals surface area contributed by atoms with Gasteiger partial charge in [0.15, 0.2) is 0 Å². The summed E-state index contributed by atoms with van der Waals surface area (Å²) in [5, 5.41) is 2.66. The van der Waals surface area contributed by atoms with Gasteiger partial charge in [0, 0.05) is 18.6 Å². The van der Waals surface area contributed by atoms with E-state index in [9.17, 15) is 14.0 Å². The van der Waals surface area contributed by atoms with Crippen LogP contribution in [0.1, 0.15) is 38.7 Å². The Kier molecular flexibility index (Phi) is 5.52. The number of nitrogens with zero attached hydrogens (tertiary/aromatic N) is 1. The van der Waals surface area contributed by atoms with Crippen molar-refractivity contribution in [2.24, 2.45) is 0 Å². The fraction of sp³-hybridized carbons (Fsp3) is 0.529. The van der Waals surface area contributed by atoms with E-state index in [1.807, 2.05) is 13.8 Å². The van der Waals surface area contributed by atoms with Crippen LogP contribution in [0.2, 0.25) is 0 Å². The number of piperidine rings is 1. The van der Waals surface area contributed by atoms with Crippen LogP contribution < -0.4 is 5.32 Å². The van der Waals surface area contributed by atoms with E-state index in [4.69, 9.17) is 0 Å². The molecule has 1 heterocycles. The molecular weight excluding hydrogens is 283 g/mol. The lowest BCUT2D eigenvalue weighted by molar-refractivity contribution is -0.150. The molecule has 0 aromatic heterocycles. The predicted molar refractivity (Wildman–Crippen MR) is 82.7 cm³/mol. The van der Waals surface area contributed by atoms with Crippen LogP contribution in [0.5, 0.6) is 0 Å². The van der Waals surface area contributed by atoms with Gasteiger partial charge in [-0.3, -0.25) is 9.59 Å². The number of halogens is 1. The van der Waals surface area contributed by atoms with Gasteiger partial charge in [-0.25, -0.2) is 4.39 Å².